The second-order valence-corrected chi connectivity index (χ2v) is 7.25. The number of ether oxygens (including phenoxy) is 1. The Labute approximate surface area is 168 Å². The van der Waals surface area contributed by atoms with Crippen molar-refractivity contribution >= 4 is 33.8 Å². The minimum Gasteiger partial charge on any atom is -0.443 e. The molecule has 0 saturated carbocycles. The van der Waals surface area contributed by atoms with Crippen molar-refractivity contribution in [1.29, 1.82) is 0 Å². The van der Waals surface area contributed by atoms with E-state index in [-0.39, 0.29) is 22.8 Å². The van der Waals surface area contributed by atoms with Gasteiger partial charge < -0.3 is 9.72 Å². The molecule has 0 aliphatic carbocycles. The first-order valence-electron chi connectivity index (χ1n) is 9.31. The first-order valence-corrected chi connectivity index (χ1v) is 9.31. The molecular formula is C20H17FN6O3. The van der Waals surface area contributed by atoms with E-state index in [1.807, 2.05) is 11.9 Å². The molecule has 0 spiro atoms. The molecule has 3 heterocycles. The van der Waals surface area contributed by atoms with E-state index in [0.29, 0.717) is 35.4 Å². The summed E-state index contributed by atoms with van der Waals surface area (Å²) in [7, 11) is 1.95. The zero-order valence-electron chi connectivity index (χ0n) is 15.9. The molecule has 10 heteroatoms. The van der Waals surface area contributed by atoms with Crippen LogP contribution < -0.4 is 10.9 Å². The third kappa shape index (κ3) is 3.16. The van der Waals surface area contributed by atoms with Crippen molar-refractivity contribution in [2.24, 2.45) is 0 Å². The van der Waals surface area contributed by atoms with Crippen LogP contribution >= 0.6 is 0 Å². The Hall–Kier alpha value is -3.79. The third-order valence-corrected chi connectivity index (χ3v) is 5.04. The Morgan fingerprint density at radius 2 is 2.13 bits per heavy atom. The van der Waals surface area contributed by atoms with E-state index in [1.54, 1.807) is 24.3 Å². The van der Waals surface area contributed by atoms with Gasteiger partial charge in [0, 0.05) is 18.7 Å². The topological polar surface area (TPSA) is 116 Å². The highest BCUT2D eigenvalue weighted by atomic mass is 19.1. The maximum atomic E-state index is 14.5. The molecule has 0 atom stereocenters. The SMILES string of the molecule is CN1CC(OC(=O)Nc2nc3ccc(-c4n[nH]c(=O)c5cccc(F)c45)cc3[nH]2)C1. The number of nitrogens with one attached hydrogen (secondary N) is 3. The third-order valence-electron chi connectivity index (χ3n) is 5.04. The monoisotopic (exact) mass is 408 g/mol. The number of nitrogens with zero attached hydrogens (tertiary/aromatic N) is 3. The number of hydrogen-bond acceptors (Lipinski definition) is 6. The van der Waals surface area contributed by atoms with Gasteiger partial charge in [0.25, 0.3) is 5.56 Å². The molecule has 4 aromatic rings. The predicted octanol–water partition coefficient (Wildman–Crippen LogP) is 2.47. The number of carbonyl (C=O) groups is 1. The summed E-state index contributed by atoms with van der Waals surface area (Å²) in [6.45, 7) is 1.40. The summed E-state index contributed by atoms with van der Waals surface area (Å²) in [5, 5.41) is 9.40. The summed E-state index contributed by atoms with van der Waals surface area (Å²) >= 11 is 0. The molecule has 1 amide bonds. The van der Waals surface area contributed by atoms with Gasteiger partial charge in [0.05, 0.1) is 21.8 Å². The number of hydrogen-bond donors (Lipinski definition) is 3. The van der Waals surface area contributed by atoms with Crippen molar-refractivity contribution in [2.45, 2.75) is 6.10 Å². The lowest BCUT2D eigenvalue weighted by molar-refractivity contribution is 0.00677. The van der Waals surface area contributed by atoms with Crippen LogP contribution in [0.3, 0.4) is 0 Å². The number of rotatable bonds is 3. The number of imidazole rings is 1. The Kier molecular flexibility index (Phi) is 4.21. The molecule has 1 fully saturated rings. The van der Waals surface area contributed by atoms with Gasteiger partial charge in [-0.1, -0.05) is 12.1 Å². The molecule has 0 radical (unpaired) electrons. The quantitative estimate of drug-likeness (QED) is 0.480. The van der Waals surface area contributed by atoms with Crippen LogP contribution in [-0.4, -0.2) is 57.4 Å². The van der Waals surface area contributed by atoms with Crippen molar-refractivity contribution < 1.29 is 13.9 Å². The molecule has 3 N–H and O–H groups in total. The fourth-order valence-corrected chi connectivity index (χ4v) is 3.60. The van der Waals surface area contributed by atoms with E-state index in [2.05, 4.69) is 25.5 Å². The number of benzene rings is 2. The number of anilines is 1. The predicted molar refractivity (Wildman–Crippen MR) is 109 cm³/mol. The van der Waals surface area contributed by atoms with Crippen LogP contribution in [0.4, 0.5) is 15.1 Å². The molecule has 2 aromatic carbocycles. The Balaban J connectivity index is 1.46. The lowest BCUT2D eigenvalue weighted by atomic mass is 10.0. The van der Waals surface area contributed by atoms with Gasteiger partial charge in [-0.15, -0.1) is 0 Å². The molecule has 1 aliphatic heterocycles. The highest BCUT2D eigenvalue weighted by molar-refractivity contribution is 5.96. The number of likely N-dealkylation sites (N-methyl/N-ethyl adjacent to an activating group) is 1. The summed E-state index contributed by atoms with van der Waals surface area (Å²) in [5.41, 5.74) is 1.65. The Bertz CT molecular complexity index is 1340. The van der Waals surface area contributed by atoms with Gasteiger partial charge in [0.2, 0.25) is 5.95 Å². The fourth-order valence-electron chi connectivity index (χ4n) is 3.60. The number of carbonyl (C=O) groups excluding carboxylic acids is 1. The molecule has 30 heavy (non-hydrogen) atoms. The molecule has 0 unspecified atom stereocenters. The zero-order chi connectivity index (χ0) is 20.8. The Morgan fingerprint density at radius 3 is 2.93 bits per heavy atom. The number of H-pyrrole nitrogens is 2. The van der Waals surface area contributed by atoms with Gasteiger partial charge in [-0.25, -0.2) is 19.3 Å². The van der Waals surface area contributed by atoms with Gasteiger partial charge in [-0.05, 0) is 31.3 Å². The second kappa shape index (κ2) is 6.92. The first-order chi connectivity index (χ1) is 14.5. The normalized spacial score (nSPS) is 14.7. The van der Waals surface area contributed by atoms with Crippen LogP contribution in [0, 0.1) is 5.82 Å². The van der Waals surface area contributed by atoms with Crippen molar-refractivity contribution in [3.63, 3.8) is 0 Å². The largest absolute Gasteiger partial charge is 0.443 e. The van der Waals surface area contributed by atoms with Crippen molar-refractivity contribution in [3.05, 3.63) is 52.6 Å². The van der Waals surface area contributed by atoms with Gasteiger partial charge in [0.1, 0.15) is 17.6 Å². The Morgan fingerprint density at radius 1 is 1.30 bits per heavy atom. The van der Waals surface area contributed by atoms with Crippen LogP contribution in [0.15, 0.2) is 41.2 Å². The molecule has 152 valence electrons. The van der Waals surface area contributed by atoms with Crippen molar-refractivity contribution in [3.8, 4) is 11.3 Å². The van der Waals surface area contributed by atoms with Crippen LogP contribution in [-0.2, 0) is 4.74 Å². The minimum atomic E-state index is -0.581. The average molecular weight is 408 g/mol. The van der Waals surface area contributed by atoms with Gasteiger partial charge in [-0.2, -0.15) is 5.10 Å². The van der Waals surface area contributed by atoms with E-state index in [4.69, 9.17) is 4.74 Å². The molecule has 5 rings (SSSR count). The standard InChI is InChI=1S/C20H17FN6O3/c1-27-8-11(9-27)30-20(29)24-19-22-14-6-5-10(7-15(14)23-19)17-16-12(18(28)26-25-17)3-2-4-13(16)21/h2-7,11H,8-9H2,1H3,(H,26,28)(H2,22,23,24,29). The maximum absolute atomic E-state index is 14.5. The molecular weight excluding hydrogens is 391 g/mol. The first kappa shape index (κ1) is 18.3. The molecule has 1 saturated heterocycles. The van der Waals surface area contributed by atoms with Gasteiger partial charge in [-0.3, -0.25) is 15.0 Å². The second-order valence-electron chi connectivity index (χ2n) is 7.25. The highest BCUT2D eigenvalue weighted by Gasteiger charge is 2.27. The molecule has 0 bridgehead atoms. The van der Waals surface area contributed by atoms with Crippen LogP contribution in [0.25, 0.3) is 33.1 Å². The summed E-state index contributed by atoms with van der Waals surface area (Å²) in [6.07, 6.45) is -0.705. The lowest BCUT2D eigenvalue weighted by Gasteiger charge is -2.34. The summed E-state index contributed by atoms with van der Waals surface area (Å²) < 4.78 is 19.7. The molecule has 2 aromatic heterocycles. The van der Waals surface area contributed by atoms with Gasteiger partial charge in [0.15, 0.2) is 0 Å². The van der Waals surface area contributed by atoms with Crippen LogP contribution in [0.1, 0.15) is 0 Å². The molecule has 1 aliphatic rings. The number of halogens is 1. The zero-order valence-corrected chi connectivity index (χ0v) is 15.9. The number of fused-ring (bicyclic) bond motifs is 2. The van der Waals surface area contributed by atoms with Crippen molar-refractivity contribution in [2.75, 3.05) is 25.5 Å². The lowest BCUT2D eigenvalue weighted by Crippen LogP contribution is -2.50. The average Bonchev–Trinajstić information content (AvgIpc) is 3.09. The van der Waals surface area contributed by atoms with Crippen LogP contribution in [0.5, 0.6) is 0 Å². The summed E-state index contributed by atoms with van der Waals surface area (Å²) in [5.74, 6) is -0.289. The number of aromatic amines is 2. The number of aromatic nitrogens is 4. The van der Waals surface area contributed by atoms with Gasteiger partial charge >= 0.3 is 6.09 Å². The van der Waals surface area contributed by atoms with E-state index < -0.39 is 17.5 Å². The van der Waals surface area contributed by atoms with E-state index in [9.17, 15) is 14.0 Å². The maximum Gasteiger partial charge on any atom is 0.414 e. The summed E-state index contributed by atoms with van der Waals surface area (Å²) in [4.78, 5) is 33.4. The molecule has 9 nitrogen and oxygen atoms in total. The van der Waals surface area contributed by atoms with E-state index in [0.717, 1.165) is 0 Å². The minimum absolute atomic E-state index is 0.125. The van der Waals surface area contributed by atoms with Crippen molar-refractivity contribution in [1.82, 2.24) is 25.1 Å². The number of amides is 1. The highest BCUT2D eigenvalue weighted by Crippen LogP contribution is 2.29. The summed E-state index contributed by atoms with van der Waals surface area (Å²) in [6, 6.07) is 9.49. The smallest absolute Gasteiger partial charge is 0.414 e. The number of likely N-dealkylation sites (tertiary alicyclic amines) is 1. The van der Waals surface area contributed by atoms with E-state index >= 15 is 0 Å². The fraction of sp³-hybridized carbons (Fsp3) is 0.200. The van der Waals surface area contributed by atoms with E-state index in [1.165, 1.54) is 12.1 Å². The van der Waals surface area contributed by atoms with Crippen LogP contribution in [0.2, 0.25) is 0 Å².